The first-order valence-electron chi connectivity index (χ1n) is 13.6. The lowest BCUT2D eigenvalue weighted by molar-refractivity contribution is -0.143. The molecule has 1 aliphatic rings. The van der Waals surface area contributed by atoms with E-state index in [0.717, 1.165) is 16.0 Å². The van der Waals surface area contributed by atoms with Crippen LogP contribution in [0.3, 0.4) is 0 Å². The Balaban J connectivity index is 1.42. The Kier molecular flexibility index (Phi) is 8.64. The van der Waals surface area contributed by atoms with Crippen LogP contribution >= 0.6 is 0 Å². The number of pyridine rings is 1. The molecule has 1 aliphatic heterocycles. The smallest absolute Gasteiger partial charge is 0.354 e. The molecule has 2 aromatic heterocycles. The highest BCUT2D eigenvalue weighted by Crippen LogP contribution is 2.37. The van der Waals surface area contributed by atoms with Crippen LogP contribution in [0.1, 0.15) is 38.4 Å². The lowest BCUT2D eigenvalue weighted by atomic mass is 9.96. The van der Waals surface area contributed by atoms with E-state index in [1.807, 2.05) is 31.2 Å². The Hall–Kier alpha value is -4.46. The van der Waals surface area contributed by atoms with Gasteiger partial charge in [-0.2, -0.15) is 31.3 Å². The summed E-state index contributed by atoms with van der Waals surface area (Å²) in [4.78, 5) is 27.6. The molecule has 0 radical (unpaired) electrons. The van der Waals surface area contributed by atoms with Crippen molar-refractivity contribution in [3.63, 3.8) is 0 Å². The summed E-state index contributed by atoms with van der Waals surface area (Å²) >= 11 is 0. The van der Waals surface area contributed by atoms with E-state index in [2.05, 4.69) is 24.9 Å². The summed E-state index contributed by atoms with van der Waals surface area (Å²) in [7, 11) is 1.33. The van der Waals surface area contributed by atoms with Crippen molar-refractivity contribution in [3.8, 4) is 11.1 Å². The lowest BCUT2D eigenvalue weighted by Crippen LogP contribution is -2.46. The van der Waals surface area contributed by atoms with Crippen molar-refractivity contribution in [2.45, 2.75) is 32.4 Å². The molecule has 4 aromatic rings. The first-order chi connectivity index (χ1) is 20.8. The highest BCUT2D eigenvalue weighted by molar-refractivity contribution is 6.01. The molecule has 5 rings (SSSR count). The summed E-state index contributed by atoms with van der Waals surface area (Å²) in [6.45, 7) is 4.63. The van der Waals surface area contributed by atoms with Gasteiger partial charge in [0.25, 0.3) is 5.91 Å². The molecule has 3 heterocycles. The molecule has 0 N–H and O–H groups in total. The number of piperazine rings is 1. The van der Waals surface area contributed by atoms with Gasteiger partial charge in [0.2, 0.25) is 6.39 Å². The zero-order valence-corrected chi connectivity index (χ0v) is 23.8. The number of hydrogen-bond donors (Lipinski definition) is 0. The minimum atomic E-state index is -4.99. The fourth-order valence-electron chi connectivity index (χ4n) is 5.14. The molecule has 0 aliphatic carbocycles. The molecule has 1 saturated heterocycles. The van der Waals surface area contributed by atoms with E-state index < -0.39 is 35.9 Å². The fraction of sp³-hybridized carbons (Fsp3) is 0.333. The molecular formula is C30H28F6N6O2. The van der Waals surface area contributed by atoms with E-state index in [0.29, 0.717) is 62.1 Å². The Labute approximate surface area is 248 Å². The molecule has 0 saturated carbocycles. The highest BCUT2D eigenvalue weighted by atomic mass is 19.4. The van der Waals surface area contributed by atoms with E-state index in [9.17, 15) is 31.1 Å². The van der Waals surface area contributed by atoms with E-state index in [-0.39, 0.29) is 17.2 Å². The zero-order chi connectivity index (χ0) is 31.6. The molecule has 1 fully saturated rings. The maximum Gasteiger partial charge on any atom is 0.416 e. The van der Waals surface area contributed by atoms with Gasteiger partial charge in [0.1, 0.15) is 5.82 Å². The van der Waals surface area contributed by atoms with Crippen molar-refractivity contribution in [2.24, 2.45) is 0 Å². The van der Waals surface area contributed by atoms with Gasteiger partial charge in [-0.15, -0.1) is 0 Å². The van der Waals surface area contributed by atoms with Gasteiger partial charge in [0, 0.05) is 46.0 Å². The van der Waals surface area contributed by atoms with Gasteiger partial charge in [-0.05, 0) is 53.4 Å². The largest absolute Gasteiger partial charge is 0.416 e. The minimum Gasteiger partial charge on any atom is -0.354 e. The molecule has 14 heteroatoms. The molecular weight excluding hydrogens is 590 g/mol. The Morgan fingerprint density at radius 3 is 2.16 bits per heavy atom. The van der Waals surface area contributed by atoms with E-state index in [1.165, 1.54) is 19.6 Å². The van der Waals surface area contributed by atoms with Crippen molar-refractivity contribution in [1.82, 2.24) is 24.9 Å². The number of halogens is 6. The lowest BCUT2D eigenvalue weighted by Gasteiger charge is -2.35. The predicted molar refractivity (Wildman–Crippen MR) is 148 cm³/mol. The van der Waals surface area contributed by atoms with Crippen LogP contribution in [0.4, 0.5) is 32.2 Å². The molecule has 0 bridgehead atoms. The quantitative estimate of drug-likeness (QED) is 0.233. The van der Waals surface area contributed by atoms with E-state index in [4.69, 9.17) is 4.52 Å². The molecule has 2 aromatic carbocycles. The average molecular weight is 619 g/mol. The maximum atomic E-state index is 13.7. The molecule has 0 spiro atoms. The van der Waals surface area contributed by atoms with Crippen molar-refractivity contribution in [1.29, 1.82) is 0 Å². The van der Waals surface area contributed by atoms with Gasteiger partial charge in [0.15, 0.2) is 5.82 Å². The summed E-state index contributed by atoms with van der Waals surface area (Å²) in [5.41, 5.74) is -0.826. The van der Waals surface area contributed by atoms with Crippen LogP contribution in [-0.4, -0.2) is 64.1 Å². The number of aryl methyl sites for hydroxylation is 1. The second-order valence-electron chi connectivity index (χ2n) is 10.6. The van der Waals surface area contributed by atoms with Crippen LogP contribution in [0.15, 0.2) is 65.6 Å². The number of amides is 1. The third kappa shape index (κ3) is 7.01. The van der Waals surface area contributed by atoms with Gasteiger partial charge in [-0.1, -0.05) is 29.4 Å². The number of rotatable bonds is 7. The van der Waals surface area contributed by atoms with Gasteiger partial charge in [-0.3, -0.25) is 9.69 Å². The second-order valence-corrected chi connectivity index (χ2v) is 10.6. The van der Waals surface area contributed by atoms with Gasteiger partial charge in [-0.25, -0.2) is 4.98 Å². The standard InChI is InChI=1S/C30H28F6N6O2/c1-19-5-3-4-6-23(19)24-14-27(42-9-7-41(8-10-42)17-26-38-18-44-39-26)37-15-25(24)28(43)40(2)16-20-11-21(29(31,32)33)13-22(12-20)30(34,35)36/h3-6,11-15,18H,7-10,16-17H2,1-2H3. The third-order valence-corrected chi connectivity index (χ3v) is 7.44. The van der Waals surface area contributed by atoms with Crippen LogP contribution in [0.25, 0.3) is 11.1 Å². The zero-order valence-electron chi connectivity index (χ0n) is 23.8. The topological polar surface area (TPSA) is 78.6 Å². The number of benzene rings is 2. The Morgan fingerprint density at radius 2 is 1.57 bits per heavy atom. The van der Waals surface area contributed by atoms with Crippen LogP contribution in [0.2, 0.25) is 0 Å². The van der Waals surface area contributed by atoms with Crippen LogP contribution < -0.4 is 4.90 Å². The highest BCUT2D eigenvalue weighted by Gasteiger charge is 2.37. The fourth-order valence-corrected chi connectivity index (χ4v) is 5.14. The molecule has 0 unspecified atom stereocenters. The number of carbonyl (C=O) groups excluding carboxylic acids is 1. The summed E-state index contributed by atoms with van der Waals surface area (Å²) in [6, 6.07) is 10.5. The maximum absolute atomic E-state index is 13.7. The van der Waals surface area contributed by atoms with Crippen molar-refractivity contribution in [2.75, 3.05) is 38.1 Å². The summed E-state index contributed by atoms with van der Waals surface area (Å²) in [6.07, 6.45) is -7.29. The molecule has 1 amide bonds. The Bertz CT molecular complexity index is 1580. The average Bonchev–Trinajstić information content (AvgIpc) is 3.49. The van der Waals surface area contributed by atoms with Crippen LogP contribution in [-0.2, 0) is 25.4 Å². The van der Waals surface area contributed by atoms with Crippen molar-refractivity contribution in [3.05, 3.63) is 94.8 Å². The van der Waals surface area contributed by atoms with Gasteiger partial charge in [0.05, 0.1) is 23.2 Å². The van der Waals surface area contributed by atoms with Crippen LogP contribution in [0, 0.1) is 6.92 Å². The second kappa shape index (κ2) is 12.3. The third-order valence-electron chi connectivity index (χ3n) is 7.44. The molecule has 44 heavy (non-hydrogen) atoms. The van der Waals surface area contributed by atoms with Crippen molar-refractivity contribution >= 4 is 11.7 Å². The van der Waals surface area contributed by atoms with E-state index in [1.54, 1.807) is 6.07 Å². The van der Waals surface area contributed by atoms with Gasteiger partial charge < -0.3 is 14.3 Å². The Morgan fingerprint density at radius 1 is 0.909 bits per heavy atom. The molecule has 0 atom stereocenters. The van der Waals surface area contributed by atoms with Gasteiger partial charge >= 0.3 is 12.4 Å². The number of aromatic nitrogens is 3. The van der Waals surface area contributed by atoms with Crippen LogP contribution in [0.5, 0.6) is 0 Å². The number of nitrogens with zero attached hydrogens (tertiary/aromatic N) is 6. The first-order valence-corrected chi connectivity index (χ1v) is 13.6. The number of anilines is 1. The summed E-state index contributed by atoms with van der Waals surface area (Å²) < 4.78 is 85.2. The summed E-state index contributed by atoms with van der Waals surface area (Å²) in [5.74, 6) is 0.623. The van der Waals surface area contributed by atoms with E-state index >= 15 is 0 Å². The number of carbonyl (C=O) groups is 1. The monoisotopic (exact) mass is 618 g/mol. The minimum absolute atomic E-state index is 0.0648. The normalized spacial score (nSPS) is 14.6. The number of hydrogen-bond acceptors (Lipinski definition) is 7. The summed E-state index contributed by atoms with van der Waals surface area (Å²) in [5, 5.41) is 3.85. The predicted octanol–water partition coefficient (Wildman–Crippen LogP) is 6.07. The SMILES string of the molecule is Cc1ccccc1-c1cc(N2CCN(Cc3ncon3)CC2)ncc1C(=O)N(C)Cc1cc(C(F)(F)F)cc(C(F)(F)F)c1. The van der Waals surface area contributed by atoms with Crippen molar-refractivity contribution < 1.29 is 35.7 Å². The molecule has 8 nitrogen and oxygen atoms in total. The first kappa shape index (κ1) is 31.0. The number of alkyl halides is 6. The molecule has 232 valence electrons.